The van der Waals surface area contributed by atoms with E-state index in [4.69, 9.17) is 25.4 Å². The van der Waals surface area contributed by atoms with Crippen molar-refractivity contribution in [3.8, 4) is 11.5 Å². The summed E-state index contributed by atoms with van der Waals surface area (Å²) in [6, 6.07) is 3.56. The highest BCUT2D eigenvalue weighted by molar-refractivity contribution is 6.02. The molecule has 0 saturated carbocycles. The van der Waals surface area contributed by atoms with Crippen molar-refractivity contribution in [3.63, 3.8) is 0 Å². The number of nitrogens with zero attached hydrogens (tertiary/aromatic N) is 2. The van der Waals surface area contributed by atoms with Gasteiger partial charge < -0.3 is 25.4 Å². The molecule has 148 valence electrons. The fourth-order valence-corrected chi connectivity index (χ4v) is 2.96. The lowest BCUT2D eigenvalue weighted by Gasteiger charge is -2.13. The van der Waals surface area contributed by atoms with Gasteiger partial charge >= 0.3 is 0 Å². The second-order valence-electron chi connectivity index (χ2n) is 7.52. The number of carbonyl (C=O) groups is 1. The number of ether oxygens (including phenoxy) is 2. The first-order chi connectivity index (χ1) is 13.2. The standard InChI is InChI=1S/C20H24N4O4/c1-20(2,3)17(25)14-8-12-10(6-11-9-23-19(22)24-18(11)21)7-13(26-4)16(27-5)15(12)28-14/h7-9H,6H2,1-5H3,(H4,21,22,23,24). The second-order valence-corrected chi connectivity index (χ2v) is 7.52. The minimum Gasteiger partial charge on any atom is -0.493 e. The van der Waals surface area contributed by atoms with Gasteiger partial charge in [0.2, 0.25) is 17.5 Å². The molecule has 0 aliphatic carbocycles. The molecule has 2 heterocycles. The Kier molecular flexibility index (Phi) is 4.89. The number of benzene rings is 1. The van der Waals surface area contributed by atoms with E-state index in [1.54, 1.807) is 12.3 Å². The summed E-state index contributed by atoms with van der Waals surface area (Å²) in [7, 11) is 3.06. The van der Waals surface area contributed by atoms with E-state index in [1.807, 2.05) is 26.8 Å². The molecule has 0 radical (unpaired) electrons. The van der Waals surface area contributed by atoms with E-state index in [-0.39, 0.29) is 17.5 Å². The van der Waals surface area contributed by atoms with Gasteiger partial charge in [0.15, 0.2) is 17.1 Å². The molecule has 28 heavy (non-hydrogen) atoms. The van der Waals surface area contributed by atoms with Crippen LogP contribution in [-0.4, -0.2) is 30.0 Å². The minimum absolute atomic E-state index is 0.106. The number of ketones is 1. The van der Waals surface area contributed by atoms with E-state index >= 15 is 0 Å². The maximum atomic E-state index is 12.7. The summed E-state index contributed by atoms with van der Waals surface area (Å²) in [6.45, 7) is 5.52. The van der Waals surface area contributed by atoms with Crippen LogP contribution in [0, 0.1) is 5.41 Å². The van der Waals surface area contributed by atoms with Crippen LogP contribution in [0.25, 0.3) is 11.0 Å². The molecule has 0 amide bonds. The lowest BCUT2D eigenvalue weighted by Crippen LogP contribution is -2.19. The van der Waals surface area contributed by atoms with E-state index in [2.05, 4.69) is 9.97 Å². The average Bonchev–Trinajstić information content (AvgIpc) is 3.07. The van der Waals surface area contributed by atoms with E-state index < -0.39 is 5.41 Å². The molecule has 0 saturated heterocycles. The summed E-state index contributed by atoms with van der Waals surface area (Å²) in [6.07, 6.45) is 1.99. The molecular formula is C20H24N4O4. The Labute approximate surface area is 162 Å². The van der Waals surface area contributed by atoms with Crippen LogP contribution in [0.4, 0.5) is 11.8 Å². The summed E-state index contributed by atoms with van der Waals surface area (Å²) >= 11 is 0. The van der Waals surface area contributed by atoms with Crippen LogP contribution in [0.1, 0.15) is 42.5 Å². The summed E-state index contributed by atoms with van der Waals surface area (Å²) in [5, 5.41) is 0.737. The SMILES string of the molecule is COc1cc(Cc2cnc(N)nc2N)c2cc(C(=O)C(C)(C)C)oc2c1OC. The van der Waals surface area contributed by atoms with Crippen molar-refractivity contribution in [2.45, 2.75) is 27.2 Å². The molecule has 3 aromatic rings. The van der Waals surface area contributed by atoms with Crippen molar-refractivity contribution in [1.82, 2.24) is 9.97 Å². The minimum atomic E-state index is -0.583. The number of fused-ring (bicyclic) bond motifs is 1. The zero-order chi connectivity index (χ0) is 20.6. The number of rotatable bonds is 5. The number of aromatic nitrogens is 2. The number of methoxy groups -OCH3 is 2. The monoisotopic (exact) mass is 384 g/mol. The van der Waals surface area contributed by atoms with E-state index in [1.165, 1.54) is 14.2 Å². The molecular weight excluding hydrogens is 360 g/mol. The van der Waals surface area contributed by atoms with Crippen LogP contribution in [-0.2, 0) is 6.42 Å². The summed E-state index contributed by atoms with van der Waals surface area (Å²) < 4.78 is 16.8. The van der Waals surface area contributed by atoms with E-state index in [9.17, 15) is 4.79 Å². The molecule has 0 fully saturated rings. The van der Waals surface area contributed by atoms with Crippen molar-refractivity contribution < 1.29 is 18.7 Å². The number of nitrogens with two attached hydrogens (primary N) is 2. The Balaban J connectivity index is 2.21. The van der Waals surface area contributed by atoms with Gasteiger partial charge in [0.1, 0.15) is 5.82 Å². The molecule has 2 aromatic heterocycles. The van der Waals surface area contributed by atoms with E-state index in [0.717, 1.165) is 10.9 Å². The molecule has 8 heteroatoms. The molecule has 0 spiro atoms. The Bertz CT molecular complexity index is 1050. The predicted octanol–water partition coefficient (Wildman–Crippen LogP) is 3.22. The third-order valence-electron chi connectivity index (χ3n) is 4.44. The molecule has 3 rings (SSSR count). The highest BCUT2D eigenvalue weighted by Crippen LogP contribution is 2.41. The number of anilines is 2. The first kappa shape index (κ1) is 19.5. The molecule has 0 aliphatic heterocycles. The van der Waals surface area contributed by atoms with Crippen molar-refractivity contribution in [2.75, 3.05) is 25.7 Å². The molecule has 0 unspecified atom stereocenters. The number of nitrogen functional groups attached to an aromatic ring is 2. The van der Waals surface area contributed by atoms with Gasteiger partial charge in [-0.25, -0.2) is 4.98 Å². The van der Waals surface area contributed by atoms with Crippen molar-refractivity contribution in [3.05, 3.63) is 35.2 Å². The van der Waals surface area contributed by atoms with Crippen LogP contribution < -0.4 is 20.9 Å². The van der Waals surface area contributed by atoms with Crippen molar-refractivity contribution in [2.24, 2.45) is 5.41 Å². The number of hydrogen-bond acceptors (Lipinski definition) is 8. The largest absolute Gasteiger partial charge is 0.493 e. The Hall–Kier alpha value is -3.29. The maximum Gasteiger partial charge on any atom is 0.221 e. The fourth-order valence-electron chi connectivity index (χ4n) is 2.96. The second kappa shape index (κ2) is 7.03. The van der Waals surface area contributed by atoms with Gasteiger partial charge in [-0.3, -0.25) is 4.79 Å². The highest BCUT2D eigenvalue weighted by atomic mass is 16.5. The van der Waals surface area contributed by atoms with Crippen LogP contribution in [0.3, 0.4) is 0 Å². The maximum absolute atomic E-state index is 12.7. The van der Waals surface area contributed by atoms with Gasteiger partial charge in [-0.15, -0.1) is 0 Å². The third kappa shape index (κ3) is 3.45. The van der Waals surface area contributed by atoms with Crippen LogP contribution >= 0.6 is 0 Å². The summed E-state index contributed by atoms with van der Waals surface area (Å²) in [5.41, 5.74) is 13.0. The van der Waals surface area contributed by atoms with Crippen LogP contribution in [0.5, 0.6) is 11.5 Å². The average molecular weight is 384 g/mol. The Morgan fingerprint density at radius 3 is 2.43 bits per heavy atom. The highest BCUT2D eigenvalue weighted by Gasteiger charge is 2.28. The third-order valence-corrected chi connectivity index (χ3v) is 4.44. The van der Waals surface area contributed by atoms with Gasteiger partial charge in [0.05, 0.1) is 14.2 Å². The van der Waals surface area contributed by atoms with Gasteiger partial charge in [0, 0.05) is 29.0 Å². The number of furan rings is 1. The molecule has 8 nitrogen and oxygen atoms in total. The van der Waals surface area contributed by atoms with Crippen LogP contribution in [0.2, 0.25) is 0 Å². The van der Waals surface area contributed by atoms with Gasteiger partial charge in [-0.1, -0.05) is 20.8 Å². The molecule has 0 bridgehead atoms. The van der Waals surface area contributed by atoms with Gasteiger partial charge in [0.25, 0.3) is 0 Å². The Morgan fingerprint density at radius 1 is 1.14 bits per heavy atom. The molecule has 4 N–H and O–H groups in total. The predicted molar refractivity (Wildman–Crippen MR) is 107 cm³/mol. The fraction of sp³-hybridized carbons (Fsp3) is 0.350. The number of carbonyl (C=O) groups excluding carboxylic acids is 1. The zero-order valence-corrected chi connectivity index (χ0v) is 16.6. The lowest BCUT2D eigenvalue weighted by molar-refractivity contribution is 0.0830. The number of Topliss-reactive ketones (excluding diaryl/α,β-unsaturated/α-hetero) is 1. The van der Waals surface area contributed by atoms with Crippen LogP contribution in [0.15, 0.2) is 22.7 Å². The smallest absolute Gasteiger partial charge is 0.221 e. The molecule has 0 atom stereocenters. The van der Waals surface area contributed by atoms with Gasteiger partial charge in [-0.05, 0) is 17.7 Å². The van der Waals surface area contributed by atoms with E-state index in [0.29, 0.717) is 34.9 Å². The normalized spacial score (nSPS) is 11.6. The number of hydrogen-bond donors (Lipinski definition) is 2. The van der Waals surface area contributed by atoms with Gasteiger partial charge in [-0.2, -0.15) is 4.98 Å². The first-order valence-electron chi connectivity index (χ1n) is 8.74. The van der Waals surface area contributed by atoms with Crippen molar-refractivity contribution in [1.29, 1.82) is 0 Å². The Morgan fingerprint density at radius 2 is 1.86 bits per heavy atom. The topological polar surface area (TPSA) is 126 Å². The summed E-state index contributed by atoms with van der Waals surface area (Å²) in [5.74, 6) is 1.48. The lowest BCUT2D eigenvalue weighted by atomic mass is 9.89. The summed E-state index contributed by atoms with van der Waals surface area (Å²) in [4.78, 5) is 20.7. The van der Waals surface area contributed by atoms with Crippen molar-refractivity contribution >= 4 is 28.5 Å². The quantitative estimate of drug-likeness (QED) is 0.642. The first-order valence-corrected chi connectivity index (χ1v) is 8.74. The molecule has 1 aromatic carbocycles. The zero-order valence-electron chi connectivity index (χ0n) is 16.6. The molecule has 0 aliphatic rings.